The molecule has 1 aliphatic rings. The van der Waals surface area contributed by atoms with Gasteiger partial charge in [-0.2, -0.15) is 11.8 Å². The Labute approximate surface area is 199 Å². The number of hydrogen-bond donors (Lipinski definition) is 2. The van der Waals surface area contributed by atoms with Gasteiger partial charge in [0.2, 0.25) is 11.8 Å². The third-order valence-electron chi connectivity index (χ3n) is 5.23. The molecule has 0 bridgehead atoms. The van der Waals surface area contributed by atoms with Crippen LogP contribution >= 0.6 is 23.4 Å². The van der Waals surface area contributed by atoms with E-state index < -0.39 is 6.04 Å². The van der Waals surface area contributed by atoms with Crippen LogP contribution in [0.15, 0.2) is 24.3 Å². The minimum Gasteiger partial charge on any atom is -0.385 e. The standard InChI is InChI=1S/C22H33ClN4O4S/c1-31-14-5-9-24-20(28)16-26-10-12-27(13-11-26)22(30)19(8-15-32-2)25-21(29)17-6-3-4-7-18(17)23/h3-4,6-7,19H,5,8-16H2,1-2H3,(H,24,28)(H,25,29). The van der Waals surface area contributed by atoms with Crippen molar-refractivity contribution in [1.82, 2.24) is 20.4 Å². The second kappa shape index (κ2) is 14.4. The van der Waals surface area contributed by atoms with Crippen LogP contribution in [0, 0.1) is 0 Å². The van der Waals surface area contributed by atoms with Crippen LogP contribution in [0.4, 0.5) is 0 Å². The van der Waals surface area contributed by atoms with Crippen molar-refractivity contribution in [3.63, 3.8) is 0 Å². The van der Waals surface area contributed by atoms with Crippen molar-refractivity contribution in [3.05, 3.63) is 34.9 Å². The van der Waals surface area contributed by atoms with E-state index in [-0.39, 0.29) is 17.7 Å². The number of rotatable bonds is 12. The highest BCUT2D eigenvalue weighted by molar-refractivity contribution is 7.98. The lowest BCUT2D eigenvalue weighted by Crippen LogP contribution is -2.56. The van der Waals surface area contributed by atoms with Gasteiger partial charge in [-0.1, -0.05) is 23.7 Å². The highest BCUT2D eigenvalue weighted by Gasteiger charge is 2.29. The first-order valence-corrected chi connectivity index (χ1v) is 12.5. The van der Waals surface area contributed by atoms with E-state index in [2.05, 4.69) is 10.6 Å². The molecule has 8 nitrogen and oxygen atoms in total. The predicted molar refractivity (Wildman–Crippen MR) is 128 cm³/mol. The van der Waals surface area contributed by atoms with Gasteiger partial charge in [0.1, 0.15) is 6.04 Å². The summed E-state index contributed by atoms with van der Waals surface area (Å²) < 4.78 is 4.97. The fourth-order valence-electron chi connectivity index (χ4n) is 3.42. The number of halogens is 1. The molecule has 10 heteroatoms. The van der Waals surface area contributed by atoms with Gasteiger partial charge >= 0.3 is 0 Å². The maximum atomic E-state index is 13.1. The lowest BCUT2D eigenvalue weighted by molar-refractivity contribution is -0.135. The minimum atomic E-state index is -0.609. The fraction of sp³-hybridized carbons (Fsp3) is 0.591. The Bertz CT molecular complexity index is 759. The van der Waals surface area contributed by atoms with Crippen molar-refractivity contribution in [3.8, 4) is 0 Å². The fourth-order valence-corrected chi connectivity index (χ4v) is 4.12. The SMILES string of the molecule is COCCCNC(=O)CN1CCN(C(=O)C(CCSC)NC(=O)c2ccccc2Cl)CC1. The number of amides is 3. The second-order valence-corrected chi connectivity index (χ2v) is 8.98. The molecule has 1 aliphatic heterocycles. The molecule has 1 heterocycles. The molecule has 1 unspecified atom stereocenters. The molecule has 2 rings (SSSR count). The number of carbonyl (C=O) groups excluding carboxylic acids is 3. The summed E-state index contributed by atoms with van der Waals surface area (Å²) in [6.07, 6.45) is 3.29. The Morgan fingerprint density at radius 1 is 1.19 bits per heavy atom. The van der Waals surface area contributed by atoms with Crippen LogP contribution in [0.25, 0.3) is 0 Å². The number of piperazine rings is 1. The summed E-state index contributed by atoms with van der Waals surface area (Å²) in [6, 6.07) is 6.19. The van der Waals surface area contributed by atoms with Crippen molar-refractivity contribution in [2.24, 2.45) is 0 Å². The summed E-state index contributed by atoms with van der Waals surface area (Å²) in [5, 5.41) is 6.10. The summed E-state index contributed by atoms with van der Waals surface area (Å²) >= 11 is 7.76. The van der Waals surface area contributed by atoms with Crippen molar-refractivity contribution in [2.75, 3.05) is 65.0 Å². The van der Waals surface area contributed by atoms with Gasteiger partial charge in [-0.15, -0.1) is 0 Å². The molecule has 0 aromatic heterocycles. The zero-order chi connectivity index (χ0) is 23.3. The summed E-state index contributed by atoms with van der Waals surface area (Å²) in [5.74, 6) is 0.287. The van der Waals surface area contributed by atoms with Gasteiger partial charge in [-0.3, -0.25) is 19.3 Å². The molecule has 0 aliphatic carbocycles. The van der Waals surface area contributed by atoms with E-state index in [0.717, 1.165) is 12.2 Å². The highest BCUT2D eigenvalue weighted by atomic mass is 35.5. The molecule has 1 atom stereocenters. The Morgan fingerprint density at radius 3 is 2.56 bits per heavy atom. The van der Waals surface area contributed by atoms with Crippen molar-refractivity contribution < 1.29 is 19.1 Å². The summed E-state index contributed by atoms with van der Waals surface area (Å²) in [4.78, 5) is 41.7. The van der Waals surface area contributed by atoms with Crippen molar-refractivity contribution in [1.29, 1.82) is 0 Å². The van der Waals surface area contributed by atoms with Gasteiger partial charge in [0.05, 0.1) is 17.1 Å². The maximum Gasteiger partial charge on any atom is 0.253 e. The summed E-state index contributed by atoms with van der Waals surface area (Å²) in [5.41, 5.74) is 0.359. The monoisotopic (exact) mass is 484 g/mol. The number of methoxy groups -OCH3 is 1. The molecule has 1 saturated heterocycles. The molecular formula is C22H33ClN4O4S. The first kappa shape index (κ1) is 26.4. The number of benzene rings is 1. The van der Waals surface area contributed by atoms with E-state index in [4.69, 9.17) is 16.3 Å². The van der Waals surface area contributed by atoms with Gasteiger partial charge in [0.15, 0.2) is 0 Å². The predicted octanol–water partition coefficient (Wildman–Crippen LogP) is 1.49. The molecule has 1 aromatic rings. The molecule has 1 aromatic carbocycles. The lowest BCUT2D eigenvalue weighted by Gasteiger charge is -2.36. The number of carbonyl (C=O) groups is 3. The van der Waals surface area contributed by atoms with Crippen LogP contribution in [0.5, 0.6) is 0 Å². The van der Waals surface area contributed by atoms with Crippen LogP contribution in [0.3, 0.4) is 0 Å². The van der Waals surface area contributed by atoms with Crippen molar-refractivity contribution >= 4 is 41.1 Å². The van der Waals surface area contributed by atoms with Gasteiger partial charge in [0.25, 0.3) is 5.91 Å². The Morgan fingerprint density at radius 2 is 1.91 bits per heavy atom. The van der Waals surface area contributed by atoms with E-state index in [9.17, 15) is 14.4 Å². The maximum absolute atomic E-state index is 13.1. The zero-order valence-corrected chi connectivity index (χ0v) is 20.3. The molecular weight excluding hydrogens is 452 g/mol. The normalized spacial score (nSPS) is 15.3. The van der Waals surface area contributed by atoms with E-state index in [0.29, 0.717) is 62.9 Å². The minimum absolute atomic E-state index is 0.0225. The van der Waals surface area contributed by atoms with Crippen molar-refractivity contribution in [2.45, 2.75) is 18.9 Å². The first-order chi connectivity index (χ1) is 15.5. The first-order valence-electron chi connectivity index (χ1n) is 10.8. The summed E-state index contributed by atoms with van der Waals surface area (Å²) in [7, 11) is 1.64. The quantitative estimate of drug-likeness (QED) is 0.437. The van der Waals surface area contributed by atoms with Crippen LogP contribution in [-0.2, 0) is 14.3 Å². The largest absolute Gasteiger partial charge is 0.385 e. The van der Waals surface area contributed by atoms with Gasteiger partial charge in [0, 0.05) is 46.4 Å². The number of thioether (sulfide) groups is 1. The van der Waals surface area contributed by atoms with Crippen LogP contribution < -0.4 is 10.6 Å². The van der Waals surface area contributed by atoms with Crippen LogP contribution in [0.1, 0.15) is 23.2 Å². The van der Waals surface area contributed by atoms with E-state index in [1.165, 1.54) is 0 Å². The number of hydrogen-bond acceptors (Lipinski definition) is 6. The van der Waals surface area contributed by atoms with Crippen LogP contribution in [0.2, 0.25) is 5.02 Å². The Balaban J connectivity index is 1.86. The molecule has 2 N–H and O–H groups in total. The number of ether oxygens (including phenoxy) is 1. The lowest BCUT2D eigenvalue weighted by atomic mass is 10.1. The third kappa shape index (κ3) is 8.61. The summed E-state index contributed by atoms with van der Waals surface area (Å²) in [6.45, 7) is 3.80. The molecule has 1 fully saturated rings. The van der Waals surface area contributed by atoms with Gasteiger partial charge in [-0.25, -0.2) is 0 Å². The van der Waals surface area contributed by atoms with E-state index in [1.54, 1.807) is 48.0 Å². The topological polar surface area (TPSA) is 91.0 Å². The van der Waals surface area contributed by atoms with E-state index >= 15 is 0 Å². The highest BCUT2D eigenvalue weighted by Crippen LogP contribution is 2.16. The molecule has 0 saturated carbocycles. The smallest absolute Gasteiger partial charge is 0.253 e. The second-order valence-electron chi connectivity index (χ2n) is 7.59. The Kier molecular flexibility index (Phi) is 11.9. The third-order valence-corrected chi connectivity index (χ3v) is 6.20. The number of nitrogens with one attached hydrogen (secondary N) is 2. The molecule has 178 valence electrons. The molecule has 32 heavy (non-hydrogen) atoms. The zero-order valence-electron chi connectivity index (χ0n) is 18.8. The van der Waals surface area contributed by atoms with Crippen LogP contribution in [-0.4, -0.2) is 98.6 Å². The van der Waals surface area contributed by atoms with Gasteiger partial charge < -0.3 is 20.3 Å². The van der Waals surface area contributed by atoms with Gasteiger partial charge in [-0.05, 0) is 37.0 Å². The van der Waals surface area contributed by atoms with E-state index in [1.807, 2.05) is 11.2 Å². The molecule has 0 radical (unpaired) electrons. The average Bonchev–Trinajstić information content (AvgIpc) is 2.79. The molecule has 0 spiro atoms. The average molecular weight is 485 g/mol. The Hall–Kier alpha value is -1.81. The molecule has 3 amide bonds. The number of nitrogens with zero attached hydrogens (tertiary/aromatic N) is 2.